The normalized spacial score (nSPS) is 16.2. The van der Waals surface area contributed by atoms with Gasteiger partial charge in [0, 0.05) is 4.48 Å². The van der Waals surface area contributed by atoms with Crippen LogP contribution in [0.4, 0.5) is 0 Å². The lowest BCUT2D eigenvalue weighted by Gasteiger charge is -2.08. The number of hydrogen-bond acceptors (Lipinski definition) is 0. The van der Waals surface area contributed by atoms with Crippen molar-refractivity contribution < 1.29 is 0 Å². The molecular weight excluding hydrogens is 212 g/mol. The second-order valence-corrected chi connectivity index (χ2v) is 4.19. The van der Waals surface area contributed by atoms with Crippen LogP contribution in [-0.4, -0.2) is 0 Å². The van der Waals surface area contributed by atoms with E-state index in [1.807, 2.05) is 0 Å². The van der Waals surface area contributed by atoms with E-state index < -0.39 is 0 Å². The van der Waals surface area contributed by atoms with E-state index in [1.54, 1.807) is 0 Å². The van der Waals surface area contributed by atoms with Crippen molar-refractivity contribution in [2.45, 2.75) is 19.8 Å². The monoisotopic (exact) mass is 222 g/mol. The van der Waals surface area contributed by atoms with E-state index >= 15 is 0 Å². The molecule has 1 aliphatic rings. The van der Waals surface area contributed by atoms with Gasteiger partial charge in [-0.1, -0.05) is 45.8 Å². The molecule has 1 heteroatoms. The fourth-order valence-corrected chi connectivity index (χ4v) is 2.20. The molecule has 0 amide bonds. The van der Waals surface area contributed by atoms with Crippen LogP contribution in [0, 0.1) is 0 Å². The highest BCUT2D eigenvalue weighted by molar-refractivity contribution is 9.14. The van der Waals surface area contributed by atoms with Crippen LogP contribution in [-0.2, 0) is 0 Å². The summed E-state index contributed by atoms with van der Waals surface area (Å²) < 4.78 is 1.35. The van der Waals surface area contributed by atoms with Crippen molar-refractivity contribution in [3.05, 3.63) is 34.7 Å². The molecule has 0 atom stereocenters. The molecular formula is C11H11Br. The van der Waals surface area contributed by atoms with Crippen LogP contribution in [0.1, 0.15) is 19.8 Å². The summed E-state index contributed by atoms with van der Waals surface area (Å²) in [6, 6.07) is 8.58. The van der Waals surface area contributed by atoms with Crippen molar-refractivity contribution in [2.75, 3.05) is 0 Å². The standard InChI is InChI=1S/C11H11Br/c1-8-6-7-11(12)10-5-3-2-4-9(8)10/h2-5H,6-7H2,1H3. The third-order valence-electron chi connectivity index (χ3n) is 2.40. The van der Waals surface area contributed by atoms with Crippen molar-refractivity contribution >= 4 is 26.0 Å². The molecule has 0 bridgehead atoms. The van der Waals surface area contributed by atoms with E-state index in [-0.39, 0.29) is 0 Å². The topological polar surface area (TPSA) is 0 Å². The van der Waals surface area contributed by atoms with Crippen LogP contribution in [0.15, 0.2) is 24.3 Å². The Bertz CT molecular complexity index is 374. The summed E-state index contributed by atoms with van der Waals surface area (Å²) in [6.07, 6.45) is 2.35. The number of fused-ring (bicyclic) bond motifs is 1. The minimum Gasteiger partial charge on any atom is -0.0651 e. The summed E-state index contributed by atoms with van der Waals surface area (Å²) in [7, 11) is 0. The summed E-state index contributed by atoms with van der Waals surface area (Å²) in [4.78, 5) is 0. The first kappa shape index (κ1) is 8.06. The van der Waals surface area contributed by atoms with Crippen molar-refractivity contribution in [1.82, 2.24) is 0 Å². The molecule has 0 saturated heterocycles. The van der Waals surface area contributed by atoms with Gasteiger partial charge < -0.3 is 0 Å². The minimum atomic E-state index is 1.16. The first-order valence-corrected chi connectivity index (χ1v) is 5.02. The maximum absolute atomic E-state index is 3.62. The Morgan fingerprint density at radius 3 is 2.42 bits per heavy atom. The van der Waals surface area contributed by atoms with Gasteiger partial charge in [0.15, 0.2) is 0 Å². The molecule has 0 spiro atoms. The lowest BCUT2D eigenvalue weighted by atomic mass is 10.0. The molecule has 0 aliphatic heterocycles. The van der Waals surface area contributed by atoms with Crippen LogP contribution < -0.4 is 10.4 Å². The summed E-state index contributed by atoms with van der Waals surface area (Å²) >= 11 is 3.62. The number of benzene rings is 1. The SMILES string of the molecule is CC1=c2ccccc2=C(Br)CC1. The predicted octanol–water partition coefficient (Wildman–Crippen LogP) is 2.15. The zero-order valence-corrected chi connectivity index (χ0v) is 8.69. The van der Waals surface area contributed by atoms with Gasteiger partial charge in [0.2, 0.25) is 0 Å². The van der Waals surface area contributed by atoms with Gasteiger partial charge >= 0.3 is 0 Å². The highest BCUT2D eigenvalue weighted by atomic mass is 79.9. The maximum Gasteiger partial charge on any atom is 0.00322 e. The minimum absolute atomic E-state index is 1.16. The highest BCUT2D eigenvalue weighted by Crippen LogP contribution is 2.18. The molecule has 0 fully saturated rings. The Labute approximate surface area is 80.7 Å². The van der Waals surface area contributed by atoms with Crippen LogP contribution in [0.25, 0.3) is 10.1 Å². The third-order valence-corrected chi connectivity index (χ3v) is 3.22. The summed E-state index contributed by atoms with van der Waals surface area (Å²) in [6.45, 7) is 2.22. The van der Waals surface area contributed by atoms with Crippen LogP contribution in [0.3, 0.4) is 0 Å². The number of hydrogen-bond donors (Lipinski definition) is 0. The Hall–Kier alpha value is -0.560. The van der Waals surface area contributed by atoms with Gasteiger partial charge in [0.25, 0.3) is 0 Å². The Morgan fingerprint density at radius 1 is 1.08 bits per heavy atom. The van der Waals surface area contributed by atoms with Crippen LogP contribution in [0.2, 0.25) is 0 Å². The fraction of sp³-hybridized carbons (Fsp3) is 0.273. The zero-order chi connectivity index (χ0) is 8.55. The van der Waals surface area contributed by atoms with Crippen LogP contribution >= 0.6 is 15.9 Å². The molecule has 0 saturated carbocycles. The summed E-state index contributed by atoms with van der Waals surface area (Å²) in [5.74, 6) is 0. The first-order valence-electron chi connectivity index (χ1n) is 4.22. The smallest absolute Gasteiger partial charge is 0.00322 e. The lowest BCUT2D eigenvalue weighted by Crippen LogP contribution is -2.29. The molecule has 0 unspecified atom stereocenters. The van der Waals surface area contributed by atoms with Gasteiger partial charge in [-0.25, -0.2) is 0 Å². The average molecular weight is 223 g/mol. The Balaban J connectivity index is 2.95. The molecule has 12 heavy (non-hydrogen) atoms. The van der Waals surface area contributed by atoms with Crippen molar-refractivity contribution in [1.29, 1.82) is 0 Å². The average Bonchev–Trinajstić information content (AvgIpc) is 2.12. The first-order chi connectivity index (χ1) is 5.79. The molecule has 62 valence electrons. The maximum atomic E-state index is 3.62. The van der Waals surface area contributed by atoms with Crippen molar-refractivity contribution in [3.63, 3.8) is 0 Å². The molecule has 0 N–H and O–H groups in total. The molecule has 1 aromatic rings. The molecule has 0 radical (unpaired) electrons. The van der Waals surface area contributed by atoms with Gasteiger partial charge in [-0.3, -0.25) is 0 Å². The lowest BCUT2D eigenvalue weighted by molar-refractivity contribution is 1.06. The van der Waals surface area contributed by atoms with E-state index in [0.717, 1.165) is 6.42 Å². The molecule has 1 aliphatic carbocycles. The van der Waals surface area contributed by atoms with E-state index in [0.29, 0.717) is 0 Å². The molecule has 2 rings (SSSR count). The zero-order valence-electron chi connectivity index (χ0n) is 7.10. The van der Waals surface area contributed by atoms with Gasteiger partial charge in [-0.05, 0) is 30.2 Å². The van der Waals surface area contributed by atoms with E-state index in [2.05, 4.69) is 47.1 Å². The van der Waals surface area contributed by atoms with Gasteiger partial charge in [0.1, 0.15) is 0 Å². The predicted molar refractivity (Wildman–Crippen MR) is 56.3 cm³/mol. The highest BCUT2D eigenvalue weighted by Gasteiger charge is 2.04. The van der Waals surface area contributed by atoms with E-state index in [9.17, 15) is 0 Å². The van der Waals surface area contributed by atoms with Crippen molar-refractivity contribution in [3.8, 4) is 0 Å². The number of rotatable bonds is 0. The molecule has 1 aromatic carbocycles. The van der Waals surface area contributed by atoms with E-state index in [1.165, 1.54) is 26.9 Å². The quantitative estimate of drug-likeness (QED) is 0.632. The van der Waals surface area contributed by atoms with Crippen LogP contribution in [0.5, 0.6) is 0 Å². The van der Waals surface area contributed by atoms with E-state index in [4.69, 9.17) is 0 Å². The third kappa shape index (κ3) is 1.22. The fourth-order valence-electron chi connectivity index (χ4n) is 1.66. The summed E-state index contributed by atoms with van der Waals surface area (Å²) in [5, 5.41) is 2.79. The molecule has 0 aromatic heterocycles. The van der Waals surface area contributed by atoms with Crippen molar-refractivity contribution in [2.24, 2.45) is 0 Å². The van der Waals surface area contributed by atoms with Gasteiger partial charge in [-0.15, -0.1) is 0 Å². The number of halogens is 1. The molecule has 0 heterocycles. The second-order valence-electron chi connectivity index (χ2n) is 3.23. The van der Waals surface area contributed by atoms with Gasteiger partial charge in [-0.2, -0.15) is 0 Å². The summed E-state index contributed by atoms with van der Waals surface area (Å²) in [5.41, 5.74) is 1.51. The van der Waals surface area contributed by atoms with Gasteiger partial charge in [0.05, 0.1) is 0 Å². The molecule has 0 nitrogen and oxygen atoms in total. The Kier molecular flexibility index (Phi) is 2.05. The second kappa shape index (κ2) is 3.06. The largest absolute Gasteiger partial charge is 0.0651 e. The Morgan fingerprint density at radius 2 is 1.75 bits per heavy atom.